The van der Waals surface area contributed by atoms with Crippen LogP contribution in [-0.2, 0) is 10.0 Å². The van der Waals surface area contributed by atoms with Crippen LogP contribution in [0.2, 0.25) is 0 Å². The summed E-state index contributed by atoms with van der Waals surface area (Å²) in [7, 11) is -1.66. The van der Waals surface area contributed by atoms with Gasteiger partial charge in [-0.15, -0.1) is 0 Å². The van der Waals surface area contributed by atoms with E-state index in [1.54, 1.807) is 32.9 Å². The Hall–Kier alpha value is -1.64. The molecule has 7 nitrogen and oxygen atoms in total. The van der Waals surface area contributed by atoms with E-state index in [0.717, 1.165) is 32.4 Å². The highest BCUT2D eigenvalue weighted by atomic mass is 32.2. The van der Waals surface area contributed by atoms with Crippen LogP contribution in [0.25, 0.3) is 0 Å². The summed E-state index contributed by atoms with van der Waals surface area (Å²) in [5.41, 5.74) is 0.378. The molecule has 0 spiro atoms. The van der Waals surface area contributed by atoms with Crippen LogP contribution in [0.3, 0.4) is 0 Å². The summed E-state index contributed by atoms with van der Waals surface area (Å²) >= 11 is 0. The van der Waals surface area contributed by atoms with E-state index in [1.165, 1.54) is 6.07 Å². The topological polar surface area (TPSA) is 90.5 Å². The Morgan fingerprint density at radius 2 is 1.94 bits per heavy atom. The Labute approximate surface area is 188 Å². The Bertz CT molecular complexity index is 847. The van der Waals surface area contributed by atoms with Gasteiger partial charge in [0, 0.05) is 36.4 Å². The molecule has 0 radical (unpaired) electrons. The zero-order valence-corrected chi connectivity index (χ0v) is 20.7. The van der Waals surface area contributed by atoms with Crippen LogP contribution in [0.1, 0.15) is 64.2 Å². The van der Waals surface area contributed by atoms with Crippen LogP contribution >= 0.6 is 0 Å². The molecule has 1 heterocycles. The first-order valence-corrected chi connectivity index (χ1v) is 12.7. The number of nitrogens with zero attached hydrogens (tertiary/aromatic N) is 1. The summed E-state index contributed by atoms with van der Waals surface area (Å²) in [5.74, 6) is 0.701. The second kappa shape index (κ2) is 10.8. The van der Waals surface area contributed by atoms with Crippen molar-refractivity contribution in [3.05, 3.63) is 23.8 Å². The van der Waals surface area contributed by atoms with Gasteiger partial charge < -0.3 is 15.5 Å². The minimum Gasteiger partial charge on any atom is -0.385 e. The van der Waals surface area contributed by atoms with Gasteiger partial charge in [-0.1, -0.05) is 13.8 Å². The maximum absolute atomic E-state index is 12.9. The van der Waals surface area contributed by atoms with E-state index in [2.05, 4.69) is 41.2 Å². The molecule has 1 aliphatic heterocycles. The normalized spacial score (nSPS) is 18.2. The number of rotatable bonds is 9. The van der Waals surface area contributed by atoms with Crippen LogP contribution in [0.5, 0.6) is 0 Å². The van der Waals surface area contributed by atoms with Crippen molar-refractivity contribution in [3.8, 4) is 0 Å². The number of nitrogens with one attached hydrogen (secondary N) is 3. The Morgan fingerprint density at radius 1 is 1.23 bits per heavy atom. The number of benzene rings is 1. The van der Waals surface area contributed by atoms with Gasteiger partial charge in [-0.25, -0.2) is 13.1 Å². The maximum Gasteiger partial charge on any atom is 0.251 e. The molecule has 1 atom stereocenters. The summed E-state index contributed by atoms with van der Waals surface area (Å²) in [6, 6.07) is 4.80. The first-order valence-electron chi connectivity index (χ1n) is 11.3. The molecule has 0 saturated carbocycles. The smallest absolute Gasteiger partial charge is 0.251 e. The number of amides is 1. The quantitative estimate of drug-likeness (QED) is 0.535. The number of hydrogen-bond donors (Lipinski definition) is 3. The molecule has 176 valence electrons. The van der Waals surface area contributed by atoms with E-state index in [-0.39, 0.29) is 10.8 Å². The van der Waals surface area contributed by atoms with E-state index < -0.39 is 15.6 Å². The van der Waals surface area contributed by atoms with Crippen molar-refractivity contribution in [1.29, 1.82) is 0 Å². The van der Waals surface area contributed by atoms with E-state index in [1.807, 2.05) is 0 Å². The summed E-state index contributed by atoms with van der Waals surface area (Å²) in [4.78, 5) is 15.3. The number of hydrogen-bond acceptors (Lipinski definition) is 5. The number of carbonyl (C=O) groups is 1. The fraction of sp³-hybridized carbons (Fsp3) is 0.696. The molecule has 1 aromatic rings. The second-order valence-corrected chi connectivity index (χ2v) is 11.9. The third kappa shape index (κ3) is 8.79. The first kappa shape index (κ1) is 25.6. The van der Waals surface area contributed by atoms with E-state index >= 15 is 0 Å². The van der Waals surface area contributed by atoms with Crippen molar-refractivity contribution in [2.24, 2.45) is 11.8 Å². The summed E-state index contributed by atoms with van der Waals surface area (Å²) in [5, 5.41) is 6.29. The van der Waals surface area contributed by atoms with Gasteiger partial charge in [0.2, 0.25) is 10.0 Å². The highest BCUT2D eigenvalue weighted by Gasteiger charge is 2.24. The molecule has 0 aliphatic carbocycles. The van der Waals surface area contributed by atoms with Crippen molar-refractivity contribution in [2.75, 3.05) is 38.5 Å². The summed E-state index contributed by atoms with van der Waals surface area (Å²) < 4.78 is 28.5. The van der Waals surface area contributed by atoms with Crippen LogP contribution in [0.15, 0.2) is 23.1 Å². The van der Waals surface area contributed by atoms with Crippen LogP contribution in [-0.4, -0.2) is 58.0 Å². The Kier molecular flexibility index (Phi) is 8.92. The highest BCUT2D eigenvalue weighted by molar-refractivity contribution is 7.89. The van der Waals surface area contributed by atoms with Crippen LogP contribution < -0.4 is 15.4 Å². The second-order valence-electron chi connectivity index (χ2n) is 10.2. The molecule has 1 amide bonds. The average molecular weight is 453 g/mol. The van der Waals surface area contributed by atoms with Gasteiger partial charge in [-0.05, 0) is 83.7 Å². The molecule has 8 heteroatoms. The lowest BCUT2D eigenvalue weighted by atomic mass is 9.98. The lowest BCUT2D eigenvalue weighted by molar-refractivity contribution is 0.0936. The third-order valence-corrected chi connectivity index (χ3v) is 6.98. The lowest BCUT2D eigenvalue weighted by Crippen LogP contribution is -2.40. The zero-order chi connectivity index (χ0) is 23.2. The molecular formula is C23H40N4O3S. The monoisotopic (exact) mass is 452 g/mol. The van der Waals surface area contributed by atoms with Gasteiger partial charge >= 0.3 is 0 Å². The first-order chi connectivity index (χ1) is 14.4. The highest BCUT2D eigenvalue weighted by Crippen LogP contribution is 2.22. The van der Waals surface area contributed by atoms with Crippen molar-refractivity contribution < 1.29 is 13.2 Å². The predicted octanol–water partition coefficient (Wildman–Crippen LogP) is 3.29. The fourth-order valence-electron chi connectivity index (χ4n) is 3.73. The van der Waals surface area contributed by atoms with Gasteiger partial charge in [0.05, 0.1) is 4.90 Å². The SMILES string of the molecule is CC(C)CCNc1cc(C(=O)NC[C@H]2CCCN(C)C2)cc(S(=O)(=O)NC(C)(C)C)c1. The molecule has 0 aromatic heterocycles. The van der Waals surface area contributed by atoms with Crippen molar-refractivity contribution >= 4 is 21.6 Å². The van der Waals surface area contributed by atoms with E-state index in [0.29, 0.717) is 36.2 Å². The number of piperidine rings is 1. The lowest BCUT2D eigenvalue weighted by Gasteiger charge is -2.29. The van der Waals surface area contributed by atoms with Gasteiger partial charge in [0.15, 0.2) is 0 Å². The number of sulfonamides is 1. The summed E-state index contributed by atoms with van der Waals surface area (Å²) in [6.45, 7) is 13.0. The molecule has 1 aromatic carbocycles. The molecule has 2 rings (SSSR count). The summed E-state index contributed by atoms with van der Waals surface area (Å²) in [6.07, 6.45) is 3.18. The van der Waals surface area contributed by atoms with Gasteiger partial charge in [-0.3, -0.25) is 4.79 Å². The van der Waals surface area contributed by atoms with Crippen LogP contribution in [0, 0.1) is 11.8 Å². The number of likely N-dealkylation sites (tertiary alicyclic amines) is 1. The number of anilines is 1. The average Bonchev–Trinajstić information content (AvgIpc) is 2.64. The van der Waals surface area contributed by atoms with Gasteiger partial charge in [0.1, 0.15) is 0 Å². The minimum atomic E-state index is -3.76. The maximum atomic E-state index is 12.9. The fourth-order valence-corrected chi connectivity index (χ4v) is 5.22. The van der Waals surface area contributed by atoms with Gasteiger partial charge in [-0.2, -0.15) is 0 Å². The third-order valence-electron chi connectivity index (χ3n) is 5.24. The van der Waals surface area contributed by atoms with Crippen molar-refractivity contribution in [3.63, 3.8) is 0 Å². The Balaban J connectivity index is 2.22. The number of carbonyl (C=O) groups excluding carboxylic acids is 1. The Morgan fingerprint density at radius 3 is 2.55 bits per heavy atom. The van der Waals surface area contributed by atoms with E-state index in [9.17, 15) is 13.2 Å². The molecule has 1 aliphatic rings. The van der Waals surface area contributed by atoms with E-state index in [4.69, 9.17) is 0 Å². The predicted molar refractivity (Wildman–Crippen MR) is 127 cm³/mol. The largest absolute Gasteiger partial charge is 0.385 e. The zero-order valence-electron chi connectivity index (χ0n) is 19.9. The molecule has 1 fully saturated rings. The van der Waals surface area contributed by atoms with Crippen molar-refractivity contribution in [2.45, 2.75) is 64.3 Å². The van der Waals surface area contributed by atoms with Crippen LogP contribution in [0.4, 0.5) is 5.69 Å². The molecule has 0 bridgehead atoms. The van der Waals surface area contributed by atoms with Crippen molar-refractivity contribution in [1.82, 2.24) is 14.9 Å². The van der Waals surface area contributed by atoms with Gasteiger partial charge in [0.25, 0.3) is 5.91 Å². The molecule has 31 heavy (non-hydrogen) atoms. The molecule has 0 unspecified atom stereocenters. The molecule has 3 N–H and O–H groups in total. The molecule has 1 saturated heterocycles. The molecular weight excluding hydrogens is 412 g/mol. The standard InChI is InChI=1S/C23H40N4O3S/c1-17(2)9-10-24-20-12-19(13-21(14-20)31(29,30)26-23(3,4)5)22(28)25-15-18-8-7-11-27(6)16-18/h12-14,17-18,24,26H,7-11,15-16H2,1-6H3,(H,25,28)/t18-/m1/s1. The minimum absolute atomic E-state index is 0.0968.